The third kappa shape index (κ3) is 3.53. The molecule has 0 bridgehead atoms. The van der Waals surface area contributed by atoms with Gasteiger partial charge in [0.2, 0.25) is 21.7 Å². The van der Waals surface area contributed by atoms with Crippen LogP contribution in [-0.4, -0.2) is 47.0 Å². The maximum Gasteiger partial charge on any atom is 0.307 e. The molecule has 1 atom stereocenters. The molecule has 3 heterocycles. The van der Waals surface area contributed by atoms with Gasteiger partial charge in [0.25, 0.3) is 0 Å². The summed E-state index contributed by atoms with van der Waals surface area (Å²) in [5.41, 5.74) is 0. The molecule has 1 aliphatic heterocycles. The van der Waals surface area contributed by atoms with Crippen LogP contribution >= 0.6 is 11.3 Å². The summed E-state index contributed by atoms with van der Waals surface area (Å²) in [5, 5.41) is 13.1. The first-order valence-corrected chi connectivity index (χ1v) is 10.6. The molecule has 10 heteroatoms. The van der Waals surface area contributed by atoms with Crippen molar-refractivity contribution in [2.24, 2.45) is 5.92 Å². The van der Waals surface area contributed by atoms with Gasteiger partial charge in [0.15, 0.2) is 0 Å². The second-order valence-electron chi connectivity index (χ2n) is 6.68. The van der Waals surface area contributed by atoms with Crippen LogP contribution in [0.25, 0.3) is 10.7 Å². The predicted molar refractivity (Wildman–Crippen MR) is 95.6 cm³/mol. The van der Waals surface area contributed by atoms with Gasteiger partial charge in [0.05, 0.1) is 15.7 Å². The number of aromatic nitrogens is 2. The lowest BCUT2D eigenvalue weighted by Crippen LogP contribution is -2.42. The van der Waals surface area contributed by atoms with Gasteiger partial charge >= 0.3 is 5.97 Å². The van der Waals surface area contributed by atoms with E-state index in [9.17, 15) is 18.3 Å². The van der Waals surface area contributed by atoms with E-state index in [1.165, 1.54) is 15.6 Å². The summed E-state index contributed by atoms with van der Waals surface area (Å²) >= 11 is 1.28. The van der Waals surface area contributed by atoms with Crippen molar-refractivity contribution in [3.8, 4) is 10.7 Å². The van der Waals surface area contributed by atoms with Crippen LogP contribution in [0.3, 0.4) is 0 Å². The largest absolute Gasteiger partial charge is 0.481 e. The lowest BCUT2D eigenvalue weighted by atomic mass is 10.0. The van der Waals surface area contributed by atoms with Gasteiger partial charge < -0.3 is 9.63 Å². The summed E-state index contributed by atoms with van der Waals surface area (Å²) in [6.45, 7) is 5.92. The highest BCUT2D eigenvalue weighted by atomic mass is 32.2. The minimum absolute atomic E-state index is 0.00198. The van der Waals surface area contributed by atoms with E-state index in [2.05, 4.69) is 10.1 Å². The maximum absolute atomic E-state index is 13.0. The summed E-state index contributed by atoms with van der Waals surface area (Å²) in [6.07, 6.45) is 1.03. The Balaban J connectivity index is 1.91. The van der Waals surface area contributed by atoms with E-state index in [-0.39, 0.29) is 17.4 Å². The van der Waals surface area contributed by atoms with E-state index in [4.69, 9.17) is 4.52 Å². The van der Waals surface area contributed by atoms with Crippen LogP contribution in [0.4, 0.5) is 0 Å². The minimum Gasteiger partial charge on any atom is -0.481 e. The molecule has 0 radical (unpaired) electrons. The number of hydrogen-bond donors (Lipinski definition) is 1. The van der Waals surface area contributed by atoms with E-state index in [0.29, 0.717) is 40.9 Å². The SMILES string of the molecule is Cc1sc(-c2noc(C(C)C)n2)cc1S(=O)(=O)N1CCCC(C(=O)O)C1. The molecule has 1 fully saturated rings. The molecule has 0 amide bonds. The Kier molecular flexibility index (Phi) is 5.18. The maximum atomic E-state index is 13.0. The highest BCUT2D eigenvalue weighted by molar-refractivity contribution is 7.89. The normalized spacial score (nSPS) is 19.2. The molecule has 0 spiro atoms. The number of sulfonamides is 1. The number of carboxylic acids is 1. The fourth-order valence-electron chi connectivity index (χ4n) is 2.90. The smallest absolute Gasteiger partial charge is 0.307 e. The van der Waals surface area contributed by atoms with E-state index in [1.54, 1.807) is 13.0 Å². The molecule has 142 valence electrons. The van der Waals surface area contributed by atoms with Gasteiger partial charge in [0, 0.05) is 23.9 Å². The zero-order valence-electron chi connectivity index (χ0n) is 14.8. The highest BCUT2D eigenvalue weighted by Crippen LogP contribution is 2.35. The van der Waals surface area contributed by atoms with Crippen LogP contribution in [-0.2, 0) is 14.8 Å². The molecule has 3 rings (SSSR count). The van der Waals surface area contributed by atoms with E-state index >= 15 is 0 Å². The van der Waals surface area contributed by atoms with E-state index in [1.807, 2.05) is 13.8 Å². The number of nitrogens with zero attached hydrogens (tertiary/aromatic N) is 3. The van der Waals surface area contributed by atoms with Gasteiger partial charge in [-0.15, -0.1) is 11.3 Å². The Morgan fingerprint density at radius 1 is 1.46 bits per heavy atom. The highest BCUT2D eigenvalue weighted by Gasteiger charge is 2.35. The van der Waals surface area contributed by atoms with Crippen LogP contribution in [0.15, 0.2) is 15.5 Å². The van der Waals surface area contributed by atoms with Gasteiger partial charge in [-0.1, -0.05) is 19.0 Å². The van der Waals surface area contributed by atoms with Crippen molar-refractivity contribution in [2.45, 2.75) is 44.4 Å². The molecule has 8 nitrogen and oxygen atoms in total. The first-order valence-electron chi connectivity index (χ1n) is 8.37. The fourth-order valence-corrected chi connectivity index (χ4v) is 5.91. The summed E-state index contributed by atoms with van der Waals surface area (Å²) in [6, 6.07) is 1.55. The lowest BCUT2D eigenvalue weighted by molar-refractivity contribution is -0.142. The molecule has 1 saturated heterocycles. The molecule has 2 aromatic heterocycles. The lowest BCUT2D eigenvalue weighted by Gasteiger charge is -2.29. The molecule has 1 N–H and O–H groups in total. The second-order valence-corrected chi connectivity index (χ2v) is 9.85. The van der Waals surface area contributed by atoms with Gasteiger partial charge in [-0.3, -0.25) is 4.79 Å². The van der Waals surface area contributed by atoms with Crippen LogP contribution in [0, 0.1) is 12.8 Å². The third-order valence-corrected chi connectivity index (χ3v) is 7.55. The molecule has 1 aliphatic rings. The van der Waals surface area contributed by atoms with Crippen molar-refractivity contribution >= 4 is 27.3 Å². The van der Waals surface area contributed by atoms with Crippen molar-refractivity contribution < 1.29 is 22.8 Å². The standard InChI is InChI=1S/C16H21N3O5S2/c1-9(2)15-17-14(18-24-15)12-7-13(10(3)25-12)26(22,23)19-6-4-5-11(8-19)16(20)21/h7,9,11H,4-6,8H2,1-3H3,(H,20,21). The molecule has 26 heavy (non-hydrogen) atoms. The molecule has 2 aromatic rings. The van der Waals surface area contributed by atoms with Crippen molar-refractivity contribution in [3.63, 3.8) is 0 Å². The number of aryl methyl sites for hydroxylation is 1. The number of aliphatic carboxylic acids is 1. The van der Waals surface area contributed by atoms with Crippen LogP contribution in [0.5, 0.6) is 0 Å². The topological polar surface area (TPSA) is 114 Å². The monoisotopic (exact) mass is 399 g/mol. The average molecular weight is 399 g/mol. The Labute approximate surface area is 155 Å². The zero-order chi connectivity index (χ0) is 19.1. The summed E-state index contributed by atoms with van der Waals surface area (Å²) in [7, 11) is -3.76. The summed E-state index contributed by atoms with van der Waals surface area (Å²) in [4.78, 5) is 17.0. The van der Waals surface area contributed by atoms with Crippen molar-refractivity contribution in [2.75, 3.05) is 13.1 Å². The quantitative estimate of drug-likeness (QED) is 0.822. The number of piperidine rings is 1. The molecule has 0 aliphatic carbocycles. The Hall–Kier alpha value is -1.78. The third-order valence-electron chi connectivity index (χ3n) is 4.38. The van der Waals surface area contributed by atoms with E-state index < -0.39 is 21.9 Å². The molecular weight excluding hydrogens is 378 g/mol. The summed E-state index contributed by atoms with van der Waals surface area (Å²) in [5.74, 6) is -0.675. The van der Waals surface area contributed by atoms with Gasteiger partial charge in [0.1, 0.15) is 0 Å². The van der Waals surface area contributed by atoms with Crippen LogP contribution in [0.2, 0.25) is 0 Å². The predicted octanol–water partition coefficient (Wildman–Crippen LogP) is 2.72. The Bertz CT molecular complexity index is 916. The van der Waals surface area contributed by atoms with Crippen LogP contribution < -0.4 is 0 Å². The first kappa shape index (κ1) is 19.0. The van der Waals surface area contributed by atoms with Crippen molar-refractivity contribution in [1.29, 1.82) is 0 Å². The number of carbonyl (C=O) groups is 1. The van der Waals surface area contributed by atoms with Gasteiger partial charge in [-0.25, -0.2) is 8.42 Å². The Morgan fingerprint density at radius 3 is 2.81 bits per heavy atom. The second kappa shape index (κ2) is 7.09. The van der Waals surface area contributed by atoms with Gasteiger partial charge in [-0.05, 0) is 25.8 Å². The van der Waals surface area contributed by atoms with Crippen molar-refractivity contribution in [3.05, 3.63) is 16.8 Å². The first-order chi connectivity index (χ1) is 12.2. The average Bonchev–Trinajstić information content (AvgIpc) is 3.22. The minimum atomic E-state index is -3.76. The molecular formula is C16H21N3O5S2. The van der Waals surface area contributed by atoms with Crippen molar-refractivity contribution in [1.82, 2.24) is 14.4 Å². The fraction of sp³-hybridized carbons (Fsp3) is 0.562. The molecule has 0 saturated carbocycles. The molecule has 1 unspecified atom stereocenters. The number of carboxylic acid groups (broad SMARTS) is 1. The summed E-state index contributed by atoms with van der Waals surface area (Å²) < 4.78 is 32.5. The number of thiophene rings is 1. The van der Waals surface area contributed by atoms with E-state index in [0.717, 1.165) is 0 Å². The zero-order valence-corrected chi connectivity index (χ0v) is 16.4. The number of rotatable bonds is 5. The molecule has 0 aromatic carbocycles. The number of hydrogen-bond acceptors (Lipinski definition) is 7. The Morgan fingerprint density at radius 2 is 2.19 bits per heavy atom. The van der Waals surface area contributed by atoms with Gasteiger partial charge in [-0.2, -0.15) is 9.29 Å². The van der Waals surface area contributed by atoms with Crippen LogP contribution in [0.1, 0.15) is 43.4 Å².